The Labute approximate surface area is 207 Å². The third-order valence-electron chi connectivity index (χ3n) is 5.96. The summed E-state index contributed by atoms with van der Waals surface area (Å²) in [6.07, 6.45) is 4.66. The third-order valence-corrected chi connectivity index (χ3v) is 5.96. The molecule has 3 N–H and O–H groups in total. The molecule has 1 aliphatic rings. The number of ether oxygens (including phenoxy) is 2. The zero-order chi connectivity index (χ0) is 26.4. The van der Waals surface area contributed by atoms with Crippen molar-refractivity contribution in [3.8, 4) is 0 Å². The summed E-state index contributed by atoms with van der Waals surface area (Å²) >= 11 is 0. The Hall–Kier alpha value is -2.66. The molecule has 0 heterocycles. The average molecular weight is 500 g/mol. The number of carboxylic acids is 1. The van der Waals surface area contributed by atoms with Crippen molar-refractivity contribution in [1.82, 2.24) is 15.1 Å². The largest absolute Gasteiger partial charge is 0.480 e. The molecule has 0 saturated heterocycles. The van der Waals surface area contributed by atoms with Crippen LogP contribution in [0, 0.1) is 11.3 Å². The minimum Gasteiger partial charge on any atom is -0.480 e. The summed E-state index contributed by atoms with van der Waals surface area (Å²) < 4.78 is 10.9. The molecule has 0 fully saturated rings. The monoisotopic (exact) mass is 499 g/mol. The first-order valence-corrected chi connectivity index (χ1v) is 12.1. The maximum Gasteiger partial charge on any atom is 0.410 e. The number of rotatable bonds is 13. The molecule has 3 amide bonds. The van der Waals surface area contributed by atoms with Crippen LogP contribution in [0.1, 0.15) is 46.5 Å². The minimum atomic E-state index is -1.10. The summed E-state index contributed by atoms with van der Waals surface area (Å²) in [5.41, 5.74) is -0.757. The highest BCUT2D eigenvalue weighted by atomic mass is 16.6. The number of hydrogen-bond donors (Lipinski definition) is 3. The number of nitrogens with zero attached hydrogens (tertiary/aromatic N) is 2. The minimum absolute atomic E-state index is 0.0530. The molecular weight excluding hydrogens is 458 g/mol. The number of carboxylic acid groups (broad SMARTS) is 1. The lowest BCUT2D eigenvalue weighted by Gasteiger charge is -2.31. The van der Waals surface area contributed by atoms with Gasteiger partial charge in [-0.25, -0.2) is 4.79 Å². The molecule has 11 nitrogen and oxygen atoms in total. The summed E-state index contributed by atoms with van der Waals surface area (Å²) in [5, 5.41) is 20.1. The maximum absolute atomic E-state index is 12.7. The summed E-state index contributed by atoms with van der Waals surface area (Å²) in [5.74, 6) is -1.68. The molecule has 1 unspecified atom stereocenters. The first-order valence-electron chi connectivity index (χ1n) is 12.1. The number of aliphatic carboxylic acids is 1. The normalized spacial score (nSPS) is 20.9. The fourth-order valence-electron chi connectivity index (χ4n) is 3.65. The van der Waals surface area contributed by atoms with E-state index in [9.17, 15) is 19.2 Å². The zero-order valence-corrected chi connectivity index (χ0v) is 21.3. The number of aliphatic hydroxyl groups is 1. The van der Waals surface area contributed by atoms with Crippen molar-refractivity contribution >= 4 is 23.9 Å². The van der Waals surface area contributed by atoms with Crippen molar-refractivity contribution < 1.29 is 38.9 Å². The van der Waals surface area contributed by atoms with Crippen LogP contribution in [0.5, 0.6) is 0 Å². The molecule has 11 heteroatoms. The fourth-order valence-corrected chi connectivity index (χ4v) is 3.65. The molecule has 0 aromatic carbocycles. The highest BCUT2D eigenvalue weighted by Crippen LogP contribution is 2.33. The molecular formula is C24H41N3O8. The molecule has 0 aromatic heterocycles. The Bertz CT molecular complexity index is 742. The number of hydrogen-bond acceptors (Lipinski definition) is 7. The quantitative estimate of drug-likeness (QED) is 0.254. The Morgan fingerprint density at radius 3 is 2.49 bits per heavy atom. The second-order valence-electron chi connectivity index (χ2n) is 9.30. The fraction of sp³-hybridized carbons (Fsp3) is 0.750. The topological polar surface area (TPSA) is 146 Å². The molecule has 2 atom stereocenters. The van der Waals surface area contributed by atoms with Gasteiger partial charge in [-0.1, -0.05) is 26.8 Å². The lowest BCUT2D eigenvalue weighted by atomic mass is 9.78. The predicted octanol–water partition coefficient (Wildman–Crippen LogP) is 1.25. The third kappa shape index (κ3) is 11.1. The van der Waals surface area contributed by atoms with Gasteiger partial charge in [-0.05, 0) is 31.8 Å². The highest BCUT2D eigenvalue weighted by molar-refractivity contribution is 5.85. The average Bonchev–Trinajstić information content (AvgIpc) is 2.80. The second kappa shape index (κ2) is 15.4. The zero-order valence-electron chi connectivity index (χ0n) is 21.3. The van der Waals surface area contributed by atoms with Crippen LogP contribution >= 0.6 is 0 Å². The molecule has 0 aromatic rings. The maximum atomic E-state index is 12.7. The number of allylic oxidation sites excluding steroid dienone is 1. The van der Waals surface area contributed by atoms with Gasteiger partial charge in [0.15, 0.2) is 0 Å². The molecule has 0 aliphatic heterocycles. The van der Waals surface area contributed by atoms with E-state index in [0.29, 0.717) is 45.4 Å². The van der Waals surface area contributed by atoms with E-state index in [4.69, 9.17) is 19.7 Å². The van der Waals surface area contributed by atoms with E-state index in [2.05, 4.69) is 5.32 Å². The molecule has 0 spiro atoms. The van der Waals surface area contributed by atoms with Gasteiger partial charge >= 0.3 is 12.1 Å². The van der Waals surface area contributed by atoms with Gasteiger partial charge in [0.05, 0.1) is 19.8 Å². The molecule has 0 saturated carbocycles. The van der Waals surface area contributed by atoms with Crippen LogP contribution in [-0.4, -0.2) is 103 Å². The Kier molecular flexibility index (Phi) is 13.3. The van der Waals surface area contributed by atoms with Crippen LogP contribution in [0.3, 0.4) is 0 Å². The van der Waals surface area contributed by atoms with Crippen molar-refractivity contribution in [2.75, 3.05) is 53.0 Å². The van der Waals surface area contributed by atoms with Crippen molar-refractivity contribution in [1.29, 1.82) is 0 Å². The van der Waals surface area contributed by atoms with Crippen LogP contribution in [-0.2, 0) is 23.9 Å². The van der Waals surface area contributed by atoms with E-state index >= 15 is 0 Å². The highest BCUT2D eigenvalue weighted by Gasteiger charge is 2.34. The van der Waals surface area contributed by atoms with Gasteiger partial charge < -0.3 is 34.8 Å². The van der Waals surface area contributed by atoms with Crippen LogP contribution in [0.4, 0.5) is 4.79 Å². The molecule has 1 rings (SSSR count). The van der Waals surface area contributed by atoms with Gasteiger partial charge in [0, 0.05) is 38.0 Å². The van der Waals surface area contributed by atoms with Crippen LogP contribution in [0.15, 0.2) is 12.2 Å². The van der Waals surface area contributed by atoms with Gasteiger partial charge in [0.2, 0.25) is 11.8 Å². The SMILES string of the molecule is CC(C)C(=O)N(CCOCCO)CCN(C)C(=O)OC1/C=C/CC[C@@](C)(C(=O)NCC(=O)O)CC1. The first-order chi connectivity index (χ1) is 16.5. The number of amides is 3. The first kappa shape index (κ1) is 30.4. The number of likely N-dealkylation sites (N-methyl/N-ethyl adjacent to an activating group) is 1. The number of carbonyl (C=O) groups excluding carboxylic acids is 3. The Balaban J connectivity index is 2.63. The smallest absolute Gasteiger partial charge is 0.410 e. The molecule has 0 bridgehead atoms. The van der Waals surface area contributed by atoms with Crippen LogP contribution in [0.25, 0.3) is 0 Å². The van der Waals surface area contributed by atoms with Crippen molar-refractivity contribution in [3.63, 3.8) is 0 Å². The van der Waals surface area contributed by atoms with Crippen molar-refractivity contribution in [3.05, 3.63) is 12.2 Å². The van der Waals surface area contributed by atoms with Gasteiger partial charge in [-0.15, -0.1) is 0 Å². The summed E-state index contributed by atoms with van der Waals surface area (Å²) in [6.45, 7) is 6.30. The Morgan fingerprint density at radius 1 is 1.14 bits per heavy atom. The van der Waals surface area contributed by atoms with Crippen molar-refractivity contribution in [2.45, 2.75) is 52.6 Å². The van der Waals surface area contributed by atoms with Gasteiger partial charge in [-0.2, -0.15) is 0 Å². The second-order valence-corrected chi connectivity index (χ2v) is 9.30. The summed E-state index contributed by atoms with van der Waals surface area (Å²) in [4.78, 5) is 51.5. The predicted molar refractivity (Wildman–Crippen MR) is 129 cm³/mol. The van der Waals surface area contributed by atoms with E-state index in [0.717, 1.165) is 0 Å². The summed E-state index contributed by atoms with van der Waals surface area (Å²) in [6, 6.07) is 0. The van der Waals surface area contributed by atoms with Gasteiger partial charge in [0.1, 0.15) is 12.6 Å². The Morgan fingerprint density at radius 2 is 1.86 bits per heavy atom. The van der Waals surface area contributed by atoms with Crippen molar-refractivity contribution in [2.24, 2.45) is 11.3 Å². The van der Waals surface area contributed by atoms with E-state index < -0.39 is 30.1 Å². The lowest BCUT2D eigenvalue weighted by Crippen LogP contribution is -2.43. The summed E-state index contributed by atoms with van der Waals surface area (Å²) in [7, 11) is 1.60. The number of aliphatic hydroxyl groups excluding tert-OH is 1. The van der Waals surface area contributed by atoms with Crippen LogP contribution < -0.4 is 5.32 Å². The molecule has 0 radical (unpaired) electrons. The standard InChI is InChI=1S/C24H41N3O8/c1-18(2)21(31)27(13-15-34-16-14-28)12-11-26(4)23(33)35-19-7-5-6-9-24(3,10-8-19)22(32)25-17-20(29)30/h5,7,18-19,28H,6,8-17H2,1-4H3,(H,25,32)(H,29,30)/b7-5+/t19?,24-/m1/s1. The van der Waals surface area contributed by atoms with E-state index in [1.807, 2.05) is 12.2 Å². The van der Waals surface area contributed by atoms with Gasteiger partial charge in [-0.3, -0.25) is 14.4 Å². The van der Waals surface area contributed by atoms with E-state index in [1.54, 1.807) is 32.7 Å². The van der Waals surface area contributed by atoms with E-state index in [1.165, 1.54) is 4.90 Å². The molecule has 1 aliphatic carbocycles. The van der Waals surface area contributed by atoms with Gasteiger partial charge in [0.25, 0.3) is 0 Å². The molecule has 35 heavy (non-hydrogen) atoms. The number of nitrogens with one attached hydrogen (secondary N) is 1. The molecule has 200 valence electrons. The van der Waals surface area contributed by atoms with E-state index in [-0.39, 0.29) is 37.5 Å². The number of carbonyl (C=O) groups is 4. The lowest BCUT2D eigenvalue weighted by molar-refractivity contribution is -0.140. The van der Waals surface area contributed by atoms with Crippen LogP contribution in [0.2, 0.25) is 0 Å².